The largest absolute Gasteiger partial charge is 0.481 e. The van der Waals surface area contributed by atoms with E-state index in [4.69, 9.17) is 5.11 Å². The Morgan fingerprint density at radius 2 is 2.00 bits per heavy atom. The van der Waals surface area contributed by atoms with E-state index in [2.05, 4.69) is 20.7 Å². The van der Waals surface area contributed by atoms with Crippen molar-refractivity contribution in [2.45, 2.75) is 44.0 Å². The zero-order valence-electron chi connectivity index (χ0n) is 11.6. The summed E-state index contributed by atoms with van der Waals surface area (Å²) < 4.78 is 27.8. The molecule has 20 heavy (non-hydrogen) atoms. The third kappa shape index (κ3) is 4.88. The number of carbonyl (C=O) groups is 1. The van der Waals surface area contributed by atoms with Crippen molar-refractivity contribution in [1.82, 2.24) is 4.72 Å². The second-order valence-corrected chi connectivity index (χ2v) is 7.83. The van der Waals surface area contributed by atoms with Crippen LogP contribution in [-0.2, 0) is 14.8 Å². The van der Waals surface area contributed by atoms with Crippen LogP contribution in [0.4, 0.5) is 0 Å². The molecular weight excluding hydrogens is 346 g/mol. The zero-order valence-corrected chi connectivity index (χ0v) is 14.0. The molecule has 0 aliphatic carbocycles. The van der Waals surface area contributed by atoms with E-state index >= 15 is 0 Å². The Labute approximate surface area is 127 Å². The van der Waals surface area contributed by atoms with Gasteiger partial charge in [-0.3, -0.25) is 4.79 Å². The molecule has 0 radical (unpaired) electrons. The van der Waals surface area contributed by atoms with Crippen molar-refractivity contribution in [1.29, 1.82) is 0 Å². The van der Waals surface area contributed by atoms with Crippen LogP contribution in [0.1, 0.15) is 32.3 Å². The molecule has 0 saturated carbocycles. The molecule has 0 spiro atoms. The highest BCUT2D eigenvalue weighted by Crippen LogP contribution is 2.22. The first-order valence-corrected chi connectivity index (χ1v) is 8.33. The van der Waals surface area contributed by atoms with Crippen LogP contribution >= 0.6 is 15.9 Å². The van der Waals surface area contributed by atoms with Gasteiger partial charge in [0.15, 0.2) is 0 Å². The van der Waals surface area contributed by atoms with Crippen LogP contribution in [0.3, 0.4) is 0 Å². The van der Waals surface area contributed by atoms with Crippen LogP contribution in [0.15, 0.2) is 27.6 Å². The van der Waals surface area contributed by atoms with Crippen molar-refractivity contribution in [2.24, 2.45) is 0 Å². The summed E-state index contributed by atoms with van der Waals surface area (Å²) in [5.41, 5.74) is 0.114. The predicted molar refractivity (Wildman–Crippen MR) is 80.1 cm³/mol. The standard InChI is InChI=1S/C13H18BrNO4S/c1-9-4-5-10(8-11(9)14)20(18,19)15-13(2,3)7-6-12(16)17/h4-5,8,15H,6-7H2,1-3H3,(H,16,17). The Morgan fingerprint density at radius 1 is 1.40 bits per heavy atom. The molecule has 0 bridgehead atoms. The van der Waals surface area contributed by atoms with Crippen LogP contribution in [0.2, 0.25) is 0 Å². The van der Waals surface area contributed by atoms with E-state index in [0.29, 0.717) is 4.47 Å². The number of carboxylic acid groups (broad SMARTS) is 1. The van der Waals surface area contributed by atoms with Crippen LogP contribution in [0.5, 0.6) is 0 Å². The molecule has 7 heteroatoms. The number of benzene rings is 1. The summed E-state index contributed by atoms with van der Waals surface area (Å²) in [5, 5.41) is 8.68. The number of hydrogen-bond acceptors (Lipinski definition) is 3. The average Bonchev–Trinajstić information content (AvgIpc) is 2.29. The minimum absolute atomic E-state index is 0.0902. The van der Waals surface area contributed by atoms with Gasteiger partial charge in [-0.25, -0.2) is 13.1 Å². The molecule has 5 nitrogen and oxygen atoms in total. The molecule has 0 aromatic heterocycles. The molecule has 1 rings (SSSR count). The van der Waals surface area contributed by atoms with E-state index in [-0.39, 0.29) is 17.7 Å². The van der Waals surface area contributed by atoms with E-state index in [1.165, 1.54) is 12.1 Å². The number of aryl methyl sites for hydroxylation is 1. The molecule has 0 atom stereocenters. The van der Waals surface area contributed by atoms with Gasteiger partial charge in [-0.05, 0) is 44.9 Å². The third-order valence-electron chi connectivity index (χ3n) is 2.83. The fourth-order valence-corrected chi connectivity index (χ4v) is 3.63. The second kappa shape index (κ2) is 6.24. The molecule has 1 aromatic carbocycles. The van der Waals surface area contributed by atoms with Gasteiger partial charge in [0, 0.05) is 16.4 Å². The zero-order chi connectivity index (χ0) is 15.6. The first kappa shape index (κ1) is 17.1. The summed E-state index contributed by atoms with van der Waals surface area (Å²) in [6.45, 7) is 5.19. The summed E-state index contributed by atoms with van der Waals surface area (Å²) in [7, 11) is -3.68. The number of sulfonamides is 1. The SMILES string of the molecule is Cc1ccc(S(=O)(=O)NC(C)(C)CCC(=O)O)cc1Br. The van der Waals surface area contributed by atoms with Gasteiger partial charge in [0.1, 0.15) is 0 Å². The Morgan fingerprint density at radius 3 is 2.50 bits per heavy atom. The Kier molecular flexibility index (Phi) is 5.34. The van der Waals surface area contributed by atoms with Crippen molar-refractivity contribution in [3.63, 3.8) is 0 Å². The molecule has 0 fully saturated rings. The van der Waals surface area contributed by atoms with Gasteiger partial charge in [-0.2, -0.15) is 0 Å². The lowest BCUT2D eigenvalue weighted by atomic mass is 10.0. The van der Waals surface area contributed by atoms with Gasteiger partial charge < -0.3 is 5.11 Å². The van der Waals surface area contributed by atoms with Gasteiger partial charge in [0.25, 0.3) is 0 Å². The average molecular weight is 364 g/mol. The van der Waals surface area contributed by atoms with E-state index in [0.717, 1.165) is 5.56 Å². The van der Waals surface area contributed by atoms with Crippen LogP contribution in [0.25, 0.3) is 0 Å². The van der Waals surface area contributed by atoms with Crippen molar-refractivity contribution in [3.05, 3.63) is 28.2 Å². The fourth-order valence-electron chi connectivity index (χ4n) is 1.63. The third-order valence-corrected chi connectivity index (χ3v) is 5.38. The van der Waals surface area contributed by atoms with E-state index in [1.807, 2.05) is 6.92 Å². The highest BCUT2D eigenvalue weighted by Gasteiger charge is 2.27. The number of hydrogen-bond donors (Lipinski definition) is 2. The quantitative estimate of drug-likeness (QED) is 0.813. The maximum Gasteiger partial charge on any atom is 0.303 e. The fraction of sp³-hybridized carbons (Fsp3) is 0.462. The molecule has 1 aromatic rings. The summed E-state index contributed by atoms with van der Waals surface area (Å²) in [4.78, 5) is 10.7. The second-order valence-electron chi connectivity index (χ2n) is 5.29. The molecule has 0 saturated heterocycles. The smallest absolute Gasteiger partial charge is 0.303 e. The van der Waals surface area contributed by atoms with Crippen molar-refractivity contribution < 1.29 is 18.3 Å². The maximum absolute atomic E-state index is 12.3. The van der Waals surface area contributed by atoms with Gasteiger partial charge >= 0.3 is 5.97 Å². The molecular formula is C13H18BrNO4S. The summed E-state index contributed by atoms with van der Waals surface area (Å²) in [6.07, 6.45) is 0.127. The minimum atomic E-state index is -3.68. The number of rotatable bonds is 6. The van der Waals surface area contributed by atoms with Crippen molar-refractivity contribution in [3.8, 4) is 0 Å². The van der Waals surface area contributed by atoms with Crippen LogP contribution in [0, 0.1) is 6.92 Å². The highest BCUT2D eigenvalue weighted by atomic mass is 79.9. The minimum Gasteiger partial charge on any atom is -0.481 e. The number of halogens is 1. The monoisotopic (exact) mass is 363 g/mol. The number of nitrogens with one attached hydrogen (secondary N) is 1. The van der Waals surface area contributed by atoms with Gasteiger partial charge in [0.2, 0.25) is 10.0 Å². The van der Waals surface area contributed by atoms with Crippen LogP contribution < -0.4 is 4.72 Å². The lowest BCUT2D eigenvalue weighted by Gasteiger charge is -2.25. The van der Waals surface area contributed by atoms with Gasteiger partial charge in [0.05, 0.1) is 4.90 Å². The summed E-state index contributed by atoms with van der Waals surface area (Å²) in [6, 6.07) is 4.77. The van der Waals surface area contributed by atoms with E-state index in [9.17, 15) is 13.2 Å². The van der Waals surface area contributed by atoms with Crippen molar-refractivity contribution >= 4 is 31.9 Å². The first-order chi connectivity index (χ1) is 9.03. The topological polar surface area (TPSA) is 83.5 Å². The first-order valence-electron chi connectivity index (χ1n) is 6.05. The normalized spacial score (nSPS) is 12.4. The molecule has 0 amide bonds. The molecule has 0 unspecified atom stereocenters. The Balaban J connectivity index is 2.93. The lowest BCUT2D eigenvalue weighted by molar-refractivity contribution is -0.137. The Hall–Kier alpha value is -0.920. The van der Waals surface area contributed by atoms with Gasteiger partial charge in [-0.15, -0.1) is 0 Å². The van der Waals surface area contributed by atoms with Gasteiger partial charge in [-0.1, -0.05) is 22.0 Å². The predicted octanol–water partition coefficient (Wildman–Crippen LogP) is 2.68. The number of aliphatic carboxylic acids is 1. The van der Waals surface area contributed by atoms with Crippen molar-refractivity contribution in [2.75, 3.05) is 0 Å². The number of carboxylic acids is 1. The molecule has 0 aliphatic heterocycles. The summed E-state index contributed by atoms with van der Waals surface area (Å²) in [5.74, 6) is -0.949. The highest BCUT2D eigenvalue weighted by molar-refractivity contribution is 9.10. The Bertz CT molecular complexity index is 611. The molecule has 0 heterocycles. The lowest BCUT2D eigenvalue weighted by Crippen LogP contribution is -2.43. The van der Waals surface area contributed by atoms with Crippen LogP contribution in [-0.4, -0.2) is 25.0 Å². The maximum atomic E-state index is 12.3. The van der Waals surface area contributed by atoms with E-state index in [1.54, 1.807) is 19.9 Å². The molecule has 112 valence electrons. The van der Waals surface area contributed by atoms with E-state index < -0.39 is 21.5 Å². The summed E-state index contributed by atoms with van der Waals surface area (Å²) >= 11 is 3.30. The molecule has 2 N–H and O–H groups in total. The molecule has 0 aliphatic rings.